The molecule has 0 amide bonds. The average molecular weight is 311 g/mol. The lowest BCUT2D eigenvalue weighted by molar-refractivity contribution is 0.0334. The second-order valence-electron chi connectivity index (χ2n) is 3.70. The number of hydrogen-bond acceptors (Lipinski definition) is 4. The molecule has 100 valence electrons. The van der Waals surface area contributed by atoms with Crippen molar-refractivity contribution >= 4 is 37.3 Å². The second-order valence-corrected chi connectivity index (χ2v) is 6.68. The molecule has 0 bridgehead atoms. The summed E-state index contributed by atoms with van der Waals surface area (Å²) in [6.07, 6.45) is 0.376. The zero-order valence-electron chi connectivity index (χ0n) is 9.81. The maximum Gasteiger partial charge on any atom is 0.339 e. The van der Waals surface area contributed by atoms with Crippen molar-refractivity contribution in [3.8, 4) is 0 Å². The van der Waals surface area contributed by atoms with Crippen LogP contribution in [0.1, 0.15) is 30.6 Å². The first-order valence-electron chi connectivity index (χ1n) is 5.21. The third-order valence-electron chi connectivity index (χ3n) is 2.32. The number of carbonyl (C=O) groups is 1. The van der Waals surface area contributed by atoms with Gasteiger partial charge >= 0.3 is 5.97 Å². The summed E-state index contributed by atoms with van der Waals surface area (Å²) in [5.74, 6) is -0.670. The van der Waals surface area contributed by atoms with E-state index >= 15 is 0 Å². The quantitative estimate of drug-likeness (QED) is 0.633. The normalized spacial score (nSPS) is 13.1. The third-order valence-corrected chi connectivity index (χ3v) is 4.00. The molecule has 0 aliphatic rings. The fourth-order valence-electron chi connectivity index (χ4n) is 1.14. The van der Waals surface area contributed by atoms with Crippen LogP contribution in [0.15, 0.2) is 23.1 Å². The molecule has 0 aliphatic heterocycles. The second kappa shape index (κ2) is 5.91. The van der Waals surface area contributed by atoms with Gasteiger partial charge in [0, 0.05) is 10.7 Å². The lowest BCUT2D eigenvalue weighted by Crippen LogP contribution is -2.14. The van der Waals surface area contributed by atoms with E-state index in [9.17, 15) is 13.2 Å². The Bertz CT molecular complexity index is 554. The summed E-state index contributed by atoms with van der Waals surface area (Å²) < 4.78 is 27.4. The maximum absolute atomic E-state index is 11.8. The summed E-state index contributed by atoms with van der Waals surface area (Å²) in [4.78, 5) is 11.6. The van der Waals surface area contributed by atoms with Crippen LogP contribution >= 0.6 is 22.3 Å². The fraction of sp³-hybridized carbons (Fsp3) is 0.364. The zero-order valence-corrected chi connectivity index (χ0v) is 12.1. The molecule has 0 N–H and O–H groups in total. The molecule has 1 aromatic carbocycles. The minimum Gasteiger partial charge on any atom is -0.459 e. The van der Waals surface area contributed by atoms with Gasteiger partial charge in [0.15, 0.2) is 0 Å². The van der Waals surface area contributed by atoms with Crippen LogP contribution in [-0.2, 0) is 13.8 Å². The van der Waals surface area contributed by atoms with Crippen molar-refractivity contribution in [2.45, 2.75) is 31.3 Å². The molecular formula is C11H12Cl2O4S. The Morgan fingerprint density at radius 1 is 1.44 bits per heavy atom. The van der Waals surface area contributed by atoms with Crippen LogP contribution in [0.4, 0.5) is 0 Å². The van der Waals surface area contributed by atoms with Gasteiger partial charge < -0.3 is 4.74 Å². The highest BCUT2D eigenvalue weighted by Gasteiger charge is 2.19. The molecule has 0 aromatic heterocycles. The molecule has 0 radical (unpaired) electrons. The minimum atomic E-state index is -3.90. The molecule has 0 aliphatic carbocycles. The molecule has 1 aromatic rings. The van der Waals surface area contributed by atoms with Gasteiger partial charge in [0.05, 0.1) is 21.6 Å². The van der Waals surface area contributed by atoms with E-state index in [0.29, 0.717) is 6.42 Å². The smallest absolute Gasteiger partial charge is 0.339 e. The van der Waals surface area contributed by atoms with Crippen LogP contribution in [0.25, 0.3) is 0 Å². The van der Waals surface area contributed by atoms with Gasteiger partial charge in [-0.05, 0) is 31.5 Å². The maximum atomic E-state index is 11.8. The summed E-state index contributed by atoms with van der Waals surface area (Å²) in [5.41, 5.74) is -0.0151. The van der Waals surface area contributed by atoms with Crippen molar-refractivity contribution in [3.63, 3.8) is 0 Å². The Kier molecular flexibility index (Phi) is 5.01. The highest BCUT2D eigenvalue weighted by Crippen LogP contribution is 2.24. The van der Waals surface area contributed by atoms with Gasteiger partial charge in [-0.15, -0.1) is 0 Å². The van der Waals surface area contributed by atoms with Gasteiger partial charge in [-0.3, -0.25) is 0 Å². The lowest BCUT2D eigenvalue weighted by atomic mass is 10.2. The highest BCUT2D eigenvalue weighted by molar-refractivity contribution is 8.13. The first-order chi connectivity index (χ1) is 8.25. The standard InChI is InChI=1S/C11H12Cl2O4S/c1-3-7(2)17-11(14)9-6-8(18(13,15)16)4-5-10(9)12/h4-7H,3H2,1-2H3. The number of benzene rings is 1. The monoisotopic (exact) mass is 310 g/mol. The van der Waals surface area contributed by atoms with Gasteiger partial charge in [-0.2, -0.15) is 0 Å². The van der Waals surface area contributed by atoms with Crippen LogP contribution < -0.4 is 0 Å². The van der Waals surface area contributed by atoms with Gasteiger partial charge in [-0.25, -0.2) is 13.2 Å². The predicted octanol–water partition coefficient (Wildman–Crippen LogP) is 3.22. The molecule has 0 saturated heterocycles. The molecule has 0 fully saturated rings. The average Bonchev–Trinajstić information content (AvgIpc) is 2.27. The molecule has 0 saturated carbocycles. The summed E-state index contributed by atoms with van der Waals surface area (Å²) in [6, 6.07) is 3.63. The molecule has 0 heterocycles. The Labute approximate surface area is 115 Å². The molecule has 1 unspecified atom stereocenters. The molecule has 4 nitrogen and oxygen atoms in total. The van der Waals surface area contributed by atoms with E-state index < -0.39 is 15.0 Å². The highest BCUT2D eigenvalue weighted by atomic mass is 35.7. The number of halogens is 2. The third kappa shape index (κ3) is 3.86. The molecule has 0 spiro atoms. The topological polar surface area (TPSA) is 60.4 Å². The van der Waals surface area contributed by atoms with E-state index in [2.05, 4.69) is 0 Å². The van der Waals surface area contributed by atoms with Gasteiger partial charge in [0.25, 0.3) is 9.05 Å². The number of carbonyl (C=O) groups excluding carboxylic acids is 1. The molecule has 1 atom stereocenters. The van der Waals surface area contributed by atoms with E-state index in [-0.39, 0.29) is 21.6 Å². The Morgan fingerprint density at radius 2 is 2.06 bits per heavy atom. The van der Waals surface area contributed by atoms with Crippen molar-refractivity contribution in [2.75, 3.05) is 0 Å². The van der Waals surface area contributed by atoms with E-state index in [4.69, 9.17) is 27.0 Å². The van der Waals surface area contributed by atoms with E-state index in [1.165, 1.54) is 12.1 Å². The summed E-state index contributed by atoms with van der Waals surface area (Å²) in [5, 5.41) is 0.118. The van der Waals surface area contributed by atoms with Crippen LogP contribution in [0.3, 0.4) is 0 Å². The number of rotatable bonds is 4. The lowest BCUT2D eigenvalue weighted by Gasteiger charge is -2.12. The zero-order chi connectivity index (χ0) is 13.9. The van der Waals surface area contributed by atoms with Crippen molar-refractivity contribution in [2.24, 2.45) is 0 Å². The van der Waals surface area contributed by atoms with Gasteiger partial charge in [-0.1, -0.05) is 18.5 Å². The first-order valence-corrected chi connectivity index (χ1v) is 7.89. The van der Waals surface area contributed by atoms with Crippen LogP contribution in [0.5, 0.6) is 0 Å². The van der Waals surface area contributed by atoms with Gasteiger partial charge in [0.1, 0.15) is 0 Å². The Morgan fingerprint density at radius 3 is 2.56 bits per heavy atom. The molecular weight excluding hydrogens is 299 g/mol. The molecule has 18 heavy (non-hydrogen) atoms. The SMILES string of the molecule is CCC(C)OC(=O)c1cc(S(=O)(=O)Cl)ccc1Cl. The summed E-state index contributed by atoms with van der Waals surface area (Å²) >= 11 is 5.83. The molecule has 7 heteroatoms. The van der Waals surface area contributed by atoms with E-state index in [0.717, 1.165) is 6.07 Å². The van der Waals surface area contributed by atoms with Crippen LogP contribution in [0.2, 0.25) is 5.02 Å². The Hall–Kier alpha value is -0.780. The molecule has 1 rings (SSSR count). The van der Waals surface area contributed by atoms with Crippen molar-refractivity contribution in [1.29, 1.82) is 0 Å². The summed E-state index contributed by atoms with van der Waals surface area (Å²) in [6.45, 7) is 3.59. The van der Waals surface area contributed by atoms with E-state index in [1.54, 1.807) is 6.92 Å². The summed E-state index contributed by atoms with van der Waals surface area (Å²) in [7, 11) is 1.29. The van der Waals surface area contributed by atoms with Crippen molar-refractivity contribution in [3.05, 3.63) is 28.8 Å². The minimum absolute atomic E-state index is 0.0151. The first kappa shape index (κ1) is 15.3. The van der Waals surface area contributed by atoms with Gasteiger partial charge in [0.2, 0.25) is 0 Å². The number of esters is 1. The number of ether oxygens (including phenoxy) is 1. The predicted molar refractivity (Wildman–Crippen MR) is 69.7 cm³/mol. The van der Waals surface area contributed by atoms with Crippen molar-refractivity contribution < 1.29 is 17.9 Å². The van der Waals surface area contributed by atoms with E-state index in [1.807, 2.05) is 6.92 Å². The van der Waals surface area contributed by atoms with Crippen molar-refractivity contribution in [1.82, 2.24) is 0 Å². The van der Waals surface area contributed by atoms with Crippen LogP contribution in [0, 0.1) is 0 Å². The largest absolute Gasteiger partial charge is 0.459 e. The number of hydrogen-bond donors (Lipinski definition) is 0. The Balaban J connectivity index is 3.12. The fourth-order valence-corrected chi connectivity index (χ4v) is 2.11. The van der Waals surface area contributed by atoms with Crippen LogP contribution in [-0.4, -0.2) is 20.5 Å².